The molecule has 0 bridgehead atoms. The Morgan fingerprint density at radius 2 is 2.00 bits per heavy atom. The second-order valence-electron chi connectivity index (χ2n) is 3.37. The molecule has 3 nitrogen and oxygen atoms in total. The van der Waals surface area contributed by atoms with Crippen LogP contribution in [0.1, 0.15) is 5.56 Å². The van der Waals surface area contributed by atoms with Crippen molar-refractivity contribution >= 4 is 38.6 Å². The zero-order chi connectivity index (χ0) is 12.7. The molecule has 0 fully saturated rings. The van der Waals surface area contributed by atoms with Crippen molar-refractivity contribution in [3.8, 4) is 0 Å². The second kappa shape index (κ2) is 4.38. The summed E-state index contributed by atoms with van der Waals surface area (Å²) in [4.78, 5) is 17.9. The summed E-state index contributed by atoms with van der Waals surface area (Å²) in [5.41, 5.74) is -0.876. The van der Waals surface area contributed by atoms with Gasteiger partial charge in [0.25, 0.3) is 5.56 Å². The molecule has 1 aromatic heterocycles. The first-order chi connectivity index (χ1) is 7.97. The largest absolute Gasteiger partial charge is 0.301 e. The van der Waals surface area contributed by atoms with E-state index in [0.717, 1.165) is 11.8 Å². The summed E-state index contributed by atoms with van der Waals surface area (Å²) in [6, 6.07) is 0. The van der Waals surface area contributed by atoms with Crippen LogP contribution < -0.4 is 5.56 Å². The van der Waals surface area contributed by atoms with Gasteiger partial charge in [0.05, 0.1) is 4.47 Å². The molecule has 0 amide bonds. The number of hydrogen-bond acceptors (Lipinski definition) is 3. The van der Waals surface area contributed by atoms with Crippen LogP contribution in [0.3, 0.4) is 0 Å². The molecule has 0 aliphatic heterocycles. The Bertz CT molecular complexity index is 672. The quantitative estimate of drug-likeness (QED) is 0.499. The predicted molar refractivity (Wildman–Crippen MR) is 66.5 cm³/mol. The van der Waals surface area contributed by atoms with Crippen molar-refractivity contribution in [2.24, 2.45) is 0 Å². The fraction of sp³-hybridized carbons (Fsp3) is 0.200. The summed E-state index contributed by atoms with van der Waals surface area (Å²) < 4.78 is 27.8. The molecule has 0 saturated carbocycles. The summed E-state index contributed by atoms with van der Waals surface area (Å²) >= 11 is 4.10. The van der Waals surface area contributed by atoms with Gasteiger partial charge in [-0.3, -0.25) is 4.79 Å². The number of H-pyrrole nitrogens is 1. The lowest BCUT2D eigenvalue weighted by Crippen LogP contribution is -2.13. The highest BCUT2D eigenvalue weighted by atomic mass is 79.9. The van der Waals surface area contributed by atoms with Crippen molar-refractivity contribution in [2.75, 3.05) is 6.26 Å². The van der Waals surface area contributed by atoms with Crippen LogP contribution in [0.15, 0.2) is 14.4 Å². The Hall–Kier alpha value is -0.950. The lowest BCUT2D eigenvalue weighted by molar-refractivity contribution is 0.598. The number of aromatic nitrogens is 2. The van der Waals surface area contributed by atoms with Crippen molar-refractivity contribution in [1.29, 1.82) is 0 Å². The molecule has 0 aliphatic carbocycles. The van der Waals surface area contributed by atoms with Gasteiger partial charge in [-0.25, -0.2) is 13.8 Å². The smallest absolute Gasteiger partial charge is 0.262 e. The molecular formula is C10H7BrF2N2OS. The number of rotatable bonds is 1. The first kappa shape index (κ1) is 12.5. The fourth-order valence-electron chi connectivity index (χ4n) is 1.46. The van der Waals surface area contributed by atoms with E-state index in [2.05, 4.69) is 25.9 Å². The van der Waals surface area contributed by atoms with Crippen LogP contribution in [0.4, 0.5) is 8.78 Å². The number of hydrogen-bond donors (Lipinski definition) is 1. The highest BCUT2D eigenvalue weighted by Gasteiger charge is 2.19. The van der Waals surface area contributed by atoms with Gasteiger partial charge in [-0.1, -0.05) is 11.8 Å². The van der Waals surface area contributed by atoms with Crippen LogP contribution in [-0.4, -0.2) is 16.2 Å². The molecule has 0 spiro atoms. The number of halogens is 3. The lowest BCUT2D eigenvalue weighted by Gasteiger charge is -2.07. The molecule has 1 heterocycles. The maximum atomic E-state index is 13.9. The average molecular weight is 321 g/mol. The van der Waals surface area contributed by atoms with Gasteiger partial charge in [-0.05, 0) is 29.1 Å². The molecule has 0 radical (unpaired) electrons. The van der Waals surface area contributed by atoms with E-state index in [-0.39, 0.29) is 26.1 Å². The standard InChI is InChI=1S/C10H7BrF2N2OS/c1-3-5(11)7(13)8-4(6(3)12)9(16)15-10(14-8)17-2/h1-2H3,(H,14,15,16). The van der Waals surface area contributed by atoms with E-state index >= 15 is 0 Å². The van der Waals surface area contributed by atoms with Gasteiger partial charge in [0, 0.05) is 5.56 Å². The zero-order valence-electron chi connectivity index (χ0n) is 8.90. The SMILES string of the molecule is CSc1nc2c(F)c(Br)c(C)c(F)c2c(=O)[nH]1. The number of nitrogens with zero attached hydrogens (tertiary/aromatic N) is 1. The van der Waals surface area contributed by atoms with E-state index < -0.39 is 17.2 Å². The summed E-state index contributed by atoms with van der Waals surface area (Å²) in [6.45, 7) is 1.39. The molecule has 17 heavy (non-hydrogen) atoms. The fourth-order valence-corrected chi connectivity index (χ4v) is 2.20. The monoisotopic (exact) mass is 320 g/mol. The molecule has 0 atom stereocenters. The Balaban J connectivity index is 3.06. The third kappa shape index (κ3) is 1.87. The number of thioether (sulfide) groups is 1. The Morgan fingerprint density at radius 1 is 1.35 bits per heavy atom. The van der Waals surface area contributed by atoms with Gasteiger partial charge < -0.3 is 4.98 Å². The van der Waals surface area contributed by atoms with Crippen molar-refractivity contribution in [2.45, 2.75) is 12.1 Å². The lowest BCUT2D eigenvalue weighted by atomic mass is 10.1. The van der Waals surface area contributed by atoms with Gasteiger partial charge in [0.15, 0.2) is 11.0 Å². The Morgan fingerprint density at radius 3 is 2.59 bits per heavy atom. The minimum absolute atomic E-state index is 0.00680. The number of nitrogens with one attached hydrogen (secondary N) is 1. The van der Waals surface area contributed by atoms with Crippen LogP contribution in [-0.2, 0) is 0 Å². The van der Waals surface area contributed by atoms with Crippen LogP contribution in [0.5, 0.6) is 0 Å². The maximum Gasteiger partial charge on any atom is 0.262 e. The molecular weight excluding hydrogens is 314 g/mol. The first-order valence-corrected chi connectivity index (χ1v) is 6.60. The normalized spacial score (nSPS) is 11.1. The summed E-state index contributed by atoms with van der Waals surface area (Å²) in [7, 11) is 0. The van der Waals surface area contributed by atoms with E-state index in [0.29, 0.717) is 0 Å². The second-order valence-corrected chi connectivity index (χ2v) is 4.95. The summed E-state index contributed by atoms with van der Waals surface area (Å²) in [6.07, 6.45) is 1.68. The Kier molecular flexibility index (Phi) is 3.22. The molecule has 0 unspecified atom stereocenters. The number of aromatic amines is 1. The van der Waals surface area contributed by atoms with Crippen LogP contribution in [0.25, 0.3) is 10.9 Å². The van der Waals surface area contributed by atoms with Gasteiger partial charge in [0.2, 0.25) is 0 Å². The molecule has 0 aliphatic rings. The number of benzene rings is 1. The van der Waals surface area contributed by atoms with E-state index in [9.17, 15) is 13.6 Å². The third-order valence-corrected chi connectivity index (χ3v) is 3.89. The van der Waals surface area contributed by atoms with E-state index in [1.54, 1.807) is 6.26 Å². The van der Waals surface area contributed by atoms with Crippen LogP contribution in [0.2, 0.25) is 0 Å². The van der Waals surface area contributed by atoms with E-state index in [4.69, 9.17) is 0 Å². The molecule has 7 heteroatoms. The third-order valence-electron chi connectivity index (χ3n) is 2.37. The highest BCUT2D eigenvalue weighted by Crippen LogP contribution is 2.29. The molecule has 2 aromatic rings. The molecule has 1 N–H and O–H groups in total. The molecule has 0 saturated heterocycles. The minimum Gasteiger partial charge on any atom is -0.301 e. The molecule has 2 rings (SSSR count). The first-order valence-electron chi connectivity index (χ1n) is 4.58. The Labute approximate surface area is 108 Å². The van der Waals surface area contributed by atoms with Crippen LogP contribution in [0, 0.1) is 18.6 Å². The van der Waals surface area contributed by atoms with E-state index in [1.165, 1.54) is 6.92 Å². The van der Waals surface area contributed by atoms with Crippen molar-refractivity contribution in [3.05, 3.63) is 32.0 Å². The van der Waals surface area contributed by atoms with Crippen molar-refractivity contribution in [3.63, 3.8) is 0 Å². The molecule has 90 valence electrons. The molecule has 1 aromatic carbocycles. The number of fused-ring (bicyclic) bond motifs is 1. The predicted octanol–water partition coefficient (Wildman–Crippen LogP) is 2.99. The van der Waals surface area contributed by atoms with E-state index in [1.807, 2.05) is 0 Å². The summed E-state index contributed by atoms with van der Waals surface area (Å²) in [5.74, 6) is -1.48. The van der Waals surface area contributed by atoms with Crippen molar-refractivity contribution < 1.29 is 8.78 Å². The highest BCUT2D eigenvalue weighted by molar-refractivity contribution is 9.10. The topological polar surface area (TPSA) is 45.8 Å². The maximum absolute atomic E-state index is 13.9. The average Bonchev–Trinajstić information content (AvgIpc) is 2.32. The summed E-state index contributed by atoms with van der Waals surface area (Å²) in [5, 5.41) is -0.0995. The van der Waals surface area contributed by atoms with Crippen LogP contribution >= 0.6 is 27.7 Å². The van der Waals surface area contributed by atoms with Gasteiger partial charge in [0.1, 0.15) is 16.7 Å². The van der Waals surface area contributed by atoms with Gasteiger partial charge >= 0.3 is 0 Å². The van der Waals surface area contributed by atoms with Crippen molar-refractivity contribution in [1.82, 2.24) is 9.97 Å². The van der Waals surface area contributed by atoms with Gasteiger partial charge in [-0.15, -0.1) is 0 Å². The minimum atomic E-state index is -0.755. The van der Waals surface area contributed by atoms with Gasteiger partial charge in [-0.2, -0.15) is 0 Å². The zero-order valence-corrected chi connectivity index (χ0v) is 11.3.